The molecule has 1 aliphatic heterocycles. The Morgan fingerprint density at radius 2 is 1.88 bits per heavy atom. The van der Waals surface area contributed by atoms with Gasteiger partial charge >= 0.3 is 5.97 Å². The largest absolute Gasteiger partial charge is 0.469 e. The molecule has 0 aromatic heterocycles. The molecular weight excluding hydrogens is 424 g/mol. The maximum absolute atomic E-state index is 12.0. The summed E-state index contributed by atoms with van der Waals surface area (Å²) in [5.74, 6) is -0.207. The van der Waals surface area contributed by atoms with E-state index in [-0.39, 0.29) is 11.4 Å². The van der Waals surface area contributed by atoms with E-state index in [0.717, 1.165) is 56.0 Å². The predicted octanol–water partition coefficient (Wildman–Crippen LogP) is 6.32. The van der Waals surface area contributed by atoms with Gasteiger partial charge in [-0.05, 0) is 61.2 Å². The smallest absolute Gasteiger partial charge is 0.306 e. The Hall–Kier alpha value is -2.24. The first-order valence-electron chi connectivity index (χ1n) is 11.4. The normalized spacial score (nSPS) is 14.8. The number of ether oxygens (including phenoxy) is 2. The second-order valence-electron chi connectivity index (χ2n) is 9.04. The molecule has 0 atom stereocenters. The molecule has 1 saturated heterocycles. The van der Waals surface area contributed by atoms with Crippen molar-refractivity contribution in [3.8, 4) is 0 Å². The molecule has 0 unspecified atom stereocenters. The van der Waals surface area contributed by atoms with Crippen molar-refractivity contribution in [3.63, 3.8) is 0 Å². The number of benzene rings is 2. The maximum atomic E-state index is 12.0. The van der Waals surface area contributed by atoms with Crippen LogP contribution in [0.1, 0.15) is 52.0 Å². The Kier molecular flexibility index (Phi) is 8.44. The third-order valence-corrected chi connectivity index (χ3v) is 6.37. The average Bonchev–Trinajstić information content (AvgIpc) is 2.79. The van der Waals surface area contributed by atoms with Gasteiger partial charge in [-0.15, -0.1) is 0 Å². The summed E-state index contributed by atoms with van der Waals surface area (Å²) in [7, 11) is 1.44. The van der Waals surface area contributed by atoms with E-state index in [0.29, 0.717) is 17.5 Å². The highest BCUT2D eigenvalue weighted by atomic mass is 35.5. The number of halogens is 1. The van der Waals surface area contributed by atoms with E-state index in [2.05, 4.69) is 49.2 Å². The van der Waals surface area contributed by atoms with Gasteiger partial charge in [-0.1, -0.05) is 38.4 Å². The van der Waals surface area contributed by atoms with Crippen molar-refractivity contribution < 1.29 is 14.3 Å². The third kappa shape index (κ3) is 6.17. The van der Waals surface area contributed by atoms with E-state index in [1.807, 2.05) is 24.3 Å². The Bertz CT molecular complexity index is 892. The van der Waals surface area contributed by atoms with Crippen LogP contribution in [-0.4, -0.2) is 38.9 Å². The molecule has 0 radical (unpaired) electrons. The van der Waals surface area contributed by atoms with Gasteiger partial charge in [0.15, 0.2) is 0 Å². The SMILES string of the molecule is CCCN(c1ccc(C(C)(C)CC(=O)OC)cc1Nc1ccc(Cl)cc1)C1CCOCC1. The minimum Gasteiger partial charge on any atom is -0.469 e. The number of carbonyl (C=O) groups excluding carboxylic acids is 1. The highest BCUT2D eigenvalue weighted by Crippen LogP contribution is 2.38. The fourth-order valence-electron chi connectivity index (χ4n) is 4.27. The van der Waals surface area contributed by atoms with Crippen molar-refractivity contribution >= 4 is 34.6 Å². The second kappa shape index (κ2) is 11.1. The summed E-state index contributed by atoms with van der Waals surface area (Å²) >= 11 is 6.09. The number of rotatable bonds is 9. The Morgan fingerprint density at radius 3 is 2.50 bits per heavy atom. The number of esters is 1. The molecule has 2 aromatic carbocycles. The molecule has 1 fully saturated rings. The predicted molar refractivity (Wildman–Crippen MR) is 132 cm³/mol. The van der Waals surface area contributed by atoms with Crippen LogP contribution < -0.4 is 10.2 Å². The zero-order valence-corrected chi connectivity index (χ0v) is 20.4. The van der Waals surface area contributed by atoms with Crippen LogP contribution in [0, 0.1) is 0 Å². The zero-order chi connectivity index (χ0) is 23.1. The highest BCUT2D eigenvalue weighted by Gasteiger charge is 2.28. The van der Waals surface area contributed by atoms with Crippen LogP contribution in [0.5, 0.6) is 0 Å². The van der Waals surface area contributed by atoms with Gasteiger partial charge in [0, 0.05) is 41.9 Å². The van der Waals surface area contributed by atoms with Crippen molar-refractivity contribution in [2.75, 3.05) is 37.1 Å². The molecule has 3 rings (SSSR count). The summed E-state index contributed by atoms with van der Waals surface area (Å²) in [5.41, 5.74) is 3.92. The monoisotopic (exact) mass is 458 g/mol. The minimum absolute atomic E-state index is 0.207. The molecule has 1 N–H and O–H groups in total. The van der Waals surface area contributed by atoms with Gasteiger partial charge in [-0.3, -0.25) is 4.79 Å². The maximum Gasteiger partial charge on any atom is 0.306 e. The first kappa shape index (κ1) is 24.4. The molecule has 1 heterocycles. The minimum atomic E-state index is -0.351. The van der Waals surface area contributed by atoms with E-state index in [4.69, 9.17) is 21.1 Å². The first-order valence-corrected chi connectivity index (χ1v) is 11.8. The number of nitrogens with zero attached hydrogens (tertiary/aromatic N) is 1. The fourth-order valence-corrected chi connectivity index (χ4v) is 4.39. The van der Waals surface area contributed by atoms with Crippen LogP contribution in [-0.2, 0) is 19.7 Å². The van der Waals surface area contributed by atoms with Crippen LogP contribution in [0.2, 0.25) is 5.02 Å². The first-order chi connectivity index (χ1) is 15.3. The summed E-state index contributed by atoms with van der Waals surface area (Å²) in [5, 5.41) is 4.32. The lowest BCUT2D eigenvalue weighted by atomic mass is 9.81. The lowest BCUT2D eigenvalue weighted by molar-refractivity contribution is -0.141. The molecule has 0 aliphatic carbocycles. The lowest BCUT2D eigenvalue weighted by Gasteiger charge is -2.38. The number of methoxy groups -OCH3 is 1. The number of hydrogen-bond donors (Lipinski definition) is 1. The van der Waals surface area contributed by atoms with Crippen LogP contribution in [0.3, 0.4) is 0 Å². The van der Waals surface area contributed by atoms with Gasteiger partial charge in [0.2, 0.25) is 0 Å². The molecule has 2 aromatic rings. The highest BCUT2D eigenvalue weighted by molar-refractivity contribution is 6.30. The second-order valence-corrected chi connectivity index (χ2v) is 9.47. The van der Waals surface area contributed by atoms with E-state index < -0.39 is 0 Å². The van der Waals surface area contributed by atoms with Crippen molar-refractivity contribution in [1.82, 2.24) is 0 Å². The molecule has 32 heavy (non-hydrogen) atoms. The van der Waals surface area contributed by atoms with Gasteiger partial charge in [-0.2, -0.15) is 0 Å². The van der Waals surface area contributed by atoms with Gasteiger partial charge in [0.25, 0.3) is 0 Å². The molecule has 1 aliphatic rings. The average molecular weight is 459 g/mol. The number of anilines is 3. The molecule has 6 heteroatoms. The molecule has 5 nitrogen and oxygen atoms in total. The number of hydrogen-bond acceptors (Lipinski definition) is 5. The Labute approximate surface area is 197 Å². The summed E-state index contributed by atoms with van der Waals surface area (Å²) in [6, 6.07) is 14.7. The molecule has 0 amide bonds. The van der Waals surface area contributed by atoms with Gasteiger partial charge in [-0.25, -0.2) is 0 Å². The molecule has 0 saturated carbocycles. The van der Waals surface area contributed by atoms with Crippen molar-refractivity contribution in [2.24, 2.45) is 0 Å². The summed E-state index contributed by atoms with van der Waals surface area (Å²) in [4.78, 5) is 14.5. The number of carbonyl (C=O) groups is 1. The van der Waals surface area contributed by atoms with Crippen molar-refractivity contribution in [3.05, 3.63) is 53.1 Å². The van der Waals surface area contributed by atoms with Crippen LogP contribution in [0.4, 0.5) is 17.1 Å². The third-order valence-electron chi connectivity index (χ3n) is 6.12. The van der Waals surface area contributed by atoms with Crippen LogP contribution in [0.25, 0.3) is 0 Å². The summed E-state index contributed by atoms with van der Waals surface area (Å²) in [6.45, 7) is 8.95. The molecular formula is C26H35ClN2O3. The molecule has 174 valence electrons. The molecule has 0 bridgehead atoms. The Balaban J connectivity index is 2.01. The van der Waals surface area contributed by atoms with E-state index in [1.54, 1.807) is 0 Å². The lowest BCUT2D eigenvalue weighted by Crippen LogP contribution is -2.40. The van der Waals surface area contributed by atoms with E-state index in [1.165, 1.54) is 12.8 Å². The zero-order valence-electron chi connectivity index (χ0n) is 19.6. The fraction of sp³-hybridized carbons (Fsp3) is 0.500. The topological polar surface area (TPSA) is 50.8 Å². The molecule has 0 spiro atoms. The number of nitrogens with one attached hydrogen (secondary N) is 1. The van der Waals surface area contributed by atoms with Gasteiger partial charge in [0.1, 0.15) is 0 Å². The van der Waals surface area contributed by atoms with E-state index >= 15 is 0 Å². The Morgan fingerprint density at radius 1 is 1.19 bits per heavy atom. The van der Waals surface area contributed by atoms with Crippen molar-refractivity contribution in [2.45, 2.75) is 57.9 Å². The van der Waals surface area contributed by atoms with Crippen LogP contribution in [0.15, 0.2) is 42.5 Å². The van der Waals surface area contributed by atoms with Crippen molar-refractivity contribution in [1.29, 1.82) is 0 Å². The van der Waals surface area contributed by atoms with Gasteiger partial charge in [0.05, 0.1) is 24.9 Å². The standard InChI is InChI=1S/C26H35ClN2O3/c1-5-14-29(22-12-15-32-16-13-22)24-11-6-19(26(2,3)18-25(30)31-4)17-23(24)28-21-9-7-20(27)8-10-21/h6-11,17,22,28H,5,12-16,18H2,1-4H3. The summed E-state index contributed by atoms with van der Waals surface area (Å²) in [6.07, 6.45) is 3.43. The quantitative estimate of drug-likeness (QED) is 0.445. The van der Waals surface area contributed by atoms with E-state index in [9.17, 15) is 4.79 Å². The van der Waals surface area contributed by atoms with Crippen LogP contribution >= 0.6 is 11.6 Å². The van der Waals surface area contributed by atoms with Gasteiger partial charge < -0.3 is 19.7 Å². The summed E-state index contributed by atoms with van der Waals surface area (Å²) < 4.78 is 10.5.